The van der Waals surface area contributed by atoms with Crippen LogP contribution in [-0.4, -0.2) is 29.1 Å². The molecular formula is C68H44N6. The van der Waals surface area contributed by atoms with E-state index >= 15 is 0 Å². The van der Waals surface area contributed by atoms with Gasteiger partial charge in [0, 0.05) is 21.5 Å². The minimum atomic E-state index is 0.747. The molecule has 14 aromatic rings. The van der Waals surface area contributed by atoms with E-state index in [9.17, 15) is 0 Å². The van der Waals surface area contributed by atoms with Gasteiger partial charge in [-0.3, -0.25) is 9.13 Å². The summed E-state index contributed by atoms with van der Waals surface area (Å²) < 4.78 is 4.55. The number of nitrogens with zero attached hydrogens (tertiary/aromatic N) is 6. The minimum absolute atomic E-state index is 0.747. The number of pyridine rings is 4. The lowest BCUT2D eigenvalue weighted by Crippen LogP contribution is -2.00. The molecule has 0 aliphatic carbocycles. The topological polar surface area (TPSA) is 61.4 Å². The van der Waals surface area contributed by atoms with Crippen LogP contribution in [0.25, 0.3) is 134 Å². The predicted octanol–water partition coefficient (Wildman–Crippen LogP) is 17.1. The van der Waals surface area contributed by atoms with Gasteiger partial charge in [-0.15, -0.1) is 0 Å². The molecule has 0 fully saturated rings. The molecule has 6 nitrogen and oxygen atoms in total. The summed E-state index contributed by atoms with van der Waals surface area (Å²) in [7, 11) is 0. The first-order valence-electron chi connectivity index (χ1n) is 25.0. The summed E-state index contributed by atoms with van der Waals surface area (Å²) in [4.78, 5) is 21.1. The van der Waals surface area contributed by atoms with Gasteiger partial charge in [0.2, 0.25) is 0 Å². The fraction of sp³-hybridized carbons (Fsp3) is 0. The van der Waals surface area contributed by atoms with Gasteiger partial charge in [0.05, 0.1) is 56.2 Å². The smallest absolute Gasteiger partial charge is 0.138 e. The normalized spacial score (nSPS) is 11.5. The van der Waals surface area contributed by atoms with Crippen LogP contribution in [0.15, 0.2) is 267 Å². The Morgan fingerprint density at radius 2 is 0.432 bits per heavy atom. The summed E-state index contributed by atoms with van der Waals surface area (Å²) in [5.41, 5.74) is 18.3. The molecule has 8 aromatic carbocycles. The zero-order chi connectivity index (χ0) is 49.0. The number of aromatic nitrogens is 6. The van der Waals surface area contributed by atoms with E-state index in [1.54, 1.807) is 0 Å². The van der Waals surface area contributed by atoms with Crippen LogP contribution in [-0.2, 0) is 0 Å². The van der Waals surface area contributed by atoms with Crippen LogP contribution >= 0.6 is 0 Å². The Hall–Kier alpha value is -10.0. The summed E-state index contributed by atoms with van der Waals surface area (Å²) in [5.74, 6) is 1.63. The van der Waals surface area contributed by atoms with Gasteiger partial charge in [-0.25, -0.2) is 19.9 Å². The monoisotopic (exact) mass is 944 g/mol. The average molecular weight is 945 g/mol. The number of rotatable bonds is 9. The van der Waals surface area contributed by atoms with E-state index in [4.69, 9.17) is 19.9 Å². The van der Waals surface area contributed by atoms with Crippen LogP contribution in [0.3, 0.4) is 0 Å². The standard InChI is InChI=1S/C68H44N6/c1-5-17-45(18-6-1)49-33-37-63-53(41-49)54-42-50(46-19-7-2-8-20-46)34-38-64(54)73(63)67-31-15-29-61(71-67)59-27-13-25-57(69-59)58-26-14-28-60(70-58)62-30-16-32-68(72-62)74-65-39-35-51(47-21-9-3-10-22-47)43-55(65)56-44-52(36-40-66(56)74)48-23-11-4-12-24-48/h1-44H. The first kappa shape index (κ1) is 42.8. The van der Waals surface area contributed by atoms with Crippen molar-refractivity contribution in [3.63, 3.8) is 0 Å². The third-order valence-corrected chi connectivity index (χ3v) is 14.2. The van der Waals surface area contributed by atoms with E-state index < -0.39 is 0 Å². The van der Waals surface area contributed by atoms with Crippen molar-refractivity contribution in [2.45, 2.75) is 0 Å². The molecule has 0 amide bonds. The van der Waals surface area contributed by atoms with Gasteiger partial charge in [-0.1, -0.05) is 170 Å². The summed E-state index contributed by atoms with van der Waals surface area (Å²) >= 11 is 0. The quantitative estimate of drug-likeness (QED) is 0.145. The highest BCUT2D eigenvalue weighted by Gasteiger charge is 2.19. The summed E-state index contributed by atoms with van der Waals surface area (Å²) in [6.45, 7) is 0. The van der Waals surface area contributed by atoms with Gasteiger partial charge < -0.3 is 0 Å². The average Bonchev–Trinajstić information content (AvgIpc) is 4.02. The molecule has 0 radical (unpaired) electrons. The van der Waals surface area contributed by atoms with Crippen molar-refractivity contribution in [1.29, 1.82) is 0 Å². The van der Waals surface area contributed by atoms with E-state index in [2.05, 4.69) is 228 Å². The lowest BCUT2D eigenvalue weighted by atomic mass is 10.0. The van der Waals surface area contributed by atoms with Gasteiger partial charge in [-0.05, 0) is 142 Å². The van der Waals surface area contributed by atoms with Crippen LogP contribution in [0.2, 0.25) is 0 Å². The lowest BCUT2D eigenvalue weighted by Gasteiger charge is -2.11. The Morgan fingerprint density at radius 3 is 0.703 bits per heavy atom. The zero-order valence-corrected chi connectivity index (χ0v) is 40.1. The molecule has 0 saturated carbocycles. The van der Waals surface area contributed by atoms with Crippen LogP contribution < -0.4 is 0 Å². The van der Waals surface area contributed by atoms with Crippen LogP contribution in [0.5, 0.6) is 0 Å². The number of benzene rings is 8. The lowest BCUT2D eigenvalue weighted by molar-refractivity contribution is 1.07. The van der Waals surface area contributed by atoms with Crippen LogP contribution in [0.4, 0.5) is 0 Å². The molecule has 0 aliphatic heterocycles. The fourth-order valence-corrected chi connectivity index (χ4v) is 10.6. The molecule has 14 rings (SSSR count). The van der Waals surface area contributed by atoms with Gasteiger partial charge in [0.25, 0.3) is 0 Å². The molecule has 0 saturated heterocycles. The van der Waals surface area contributed by atoms with Crippen molar-refractivity contribution in [3.8, 4) is 90.3 Å². The molecule has 6 aromatic heterocycles. The van der Waals surface area contributed by atoms with E-state index in [0.29, 0.717) is 0 Å². The van der Waals surface area contributed by atoms with Crippen molar-refractivity contribution in [3.05, 3.63) is 267 Å². The molecule has 0 atom stereocenters. The molecule has 6 heteroatoms. The van der Waals surface area contributed by atoms with E-state index in [-0.39, 0.29) is 0 Å². The fourth-order valence-electron chi connectivity index (χ4n) is 10.6. The Labute approximate surface area is 427 Å². The Bertz CT molecular complexity index is 3930. The van der Waals surface area contributed by atoms with Crippen molar-refractivity contribution in [2.75, 3.05) is 0 Å². The van der Waals surface area contributed by atoms with E-state index in [0.717, 1.165) is 67.9 Å². The minimum Gasteiger partial charge on any atom is -0.294 e. The van der Waals surface area contributed by atoms with Crippen molar-refractivity contribution >= 4 is 43.6 Å². The Morgan fingerprint density at radius 1 is 0.189 bits per heavy atom. The molecule has 0 spiro atoms. The molecule has 0 aliphatic rings. The summed E-state index contributed by atoms with van der Waals surface area (Å²) in [5, 5.41) is 4.68. The second-order valence-corrected chi connectivity index (χ2v) is 18.6. The van der Waals surface area contributed by atoms with Gasteiger partial charge in [0.1, 0.15) is 11.6 Å². The van der Waals surface area contributed by atoms with Crippen LogP contribution in [0, 0.1) is 0 Å². The number of hydrogen-bond donors (Lipinski definition) is 0. The van der Waals surface area contributed by atoms with Crippen LogP contribution in [0.1, 0.15) is 0 Å². The maximum Gasteiger partial charge on any atom is 0.138 e. The predicted molar refractivity (Wildman–Crippen MR) is 304 cm³/mol. The van der Waals surface area contributed by atoms with Crippen molar-refractivity contribution < 1.29 is 0 Å². The van der Waals surface area contributed by atoms with Gasteiger partial charge in [0.15, 0.2) is 0 Å². The summed E-state index contributed by atoms with van der Waals surface area (Å²) in [6.07, 6.45) is 0. The molecule has 346 valence electrons. The highest BCUT2D eigenvalue weighted by atomic mass is 15.1. The first-order chi connectivity index (χ1) is 36.7. The molecule has 74 heavy (non-hydrogen) atoms. The SMILES string of the molecule is c1ccc(-c2ccc3c(c2)c2cc(-c4ccccc4)ccc2n3-c2cccc(-c3cccc(-c4cccc(-c5cccc(-n6c7ccc(-c8ccccc8)cc7c7cc(-c8ccccc8)ccc76)n5)n4)n3)n2)cc1. The molecule has 0 unspecified atom stereocenters. The number of hydrogen-bond acceptors (Lipinski definition) is 4. The third kappa shape index (κ3) is 7.61. The van der Waals surface area contributed by atoms with E-state index in [1.807, 2.05) is 48.5 Å². The Balaban J connectivity index is 0.824. The molecule has 0 bridgehead atoms. The zero-order valence-electron chi connectivity index (χ0n) is 40.1. The Kier molecular flexibility index (Phi) is 10.4. The van der Waals surface area contributed by atoms with Gasteiger partial charge in [-0.2, -0.15) is 0 Å². The second kappa shape index (κ2) is 18.0. The largest absolute Gasteiger partial charge is 0.294 e. The second-order valence-electron chi connectivity index (χ2n) is 18.6. The van der Waals surface area contributed by atoms with Crippen molar-refractivity contribution in [2.24, 2.45) is 0 Å². The number of fused-ring (bicyclic) bond motifs is 6. The maximum absolute atomic E-state index is 5.33. The van der Waals surface area contributed by atoms with Gasteiger partial charge >= 0.3 is 0 Å². The molecule has 0 N–H and O–H groups in total. The maximum atomic E-state index is 5.33. The first-order valence-corrected chi connectivity index (χ1v) is 25.0. The highest BCUT2D eigenvalue weighted by Crippen LogP contribution is 2.39. The molecule has 6 heterocycles. The van der Waals surface area contributed by atoms with E-state index in [1.165, 1.54) is 66.1 Å². The summed E-state index contributed by atoms with van der Waals surface area (Å²) in [6, 6.07) is 93.8. The molecular weight excluding hydrogens is 901 g/mol. The highest BCUT2D eigenvalue weighted by molar-refractivity contribution is 6.13. The van der Waals surface area contributed by atoms with Crippen molar-refractivity contribution in [1.82, 2.24) is 29.1 Å². The third-order valence-electron chi connectivity index (χ3n) is 14.2.